The summed E-state index contributed by atoms with van der Waals surface area (Å²) in [5.41, 5.74) is 0.755. The van der Waals surface area contributed by atoms with Crippen molar-refractivity contribution in [2.24, 2.45) is 5.92 Å². The Morgan fingerprint density at radius 1 is 1.23 bits per heavy atom. The molecule has 2 heterocycles. The third kappa shape index (κ3) is 4.07. The molecule has 0 saturated carbocycles. The lowest BCUT2D eigenvalue weighted by molar-refractivity contribution is -0.143. The molecule has 140 valence electrons. The van der Waals surface area contributed by atoms with Crippen LogP contribution in [0, 0.1) is 5.92 Å². The fourth-order valence-corrected chi connectivity index (χ4v) is 3.27. The van der Waals surface area contributed by atoms with Crippen molar-refractivity contribution in [2.75, 3.05) is 37.7 Å². The monoisotopic (exact) mass is 361 g/mol. The van der Waals surface area contributed by atoms with E-state index in [1.54, 1.807) is 9.80 Å². The number of anilines is 1. The number of aliphatic carboxylic acids is 1. The number of para-hydroxylation sites is 2. The highest BCUT2D eigenvalue weighted by molar-refractivity contribution is 5.97. The van der Waals surface area contributed by atoms with E-state index in [0.717, 1.165) is 5.69 Å². The Morgan fingerprint density at radius 2 is 1.96 bits per heavy atom. The first kappa shape index (κ1) is 18.0. The van der Waals surface area contributed by atoms with E-state index in [2.05, 4.69) is 5.32 Å². The number of rotatable bonds is 5. The number of ether oxygens (including phenoxy) is 1. The first-order valence-corrected chi connectivity index (χ1v) is 8.84. The molecular weight excluding hydrogens is 338 g/mol. The zero-order valence-corrected chi connectivity index (χ0v) is 14.5. The zero-order chi connectivity index (χ0) is 18.5. The number of nitrogens with one attached hydrogen (secondary N) is 1. The summed E-state index contributed by atoms with van der Waals surface area (Å²) in [5.74, 6) is -0.546. The minimum absolute atomic E-state index is 0.0297. The Bertz CT molecular complexity index is 685. The van der Waals surface area contributed by atoms with Gasteiger partial charge < -0.3 is 25.0 Å². The average Bonchev–Trinajstić information content (AvgIpc) is 2.66. The van der Waals surface area contributed by atoms with E-state index in [9.17, 15) is 14.4 Å². The number of hydrogen-bond donors (Lipinski definition) is 2. The Morgan fingerprint density at radius 3 is 2.69 bits per heavy atom. The van der Waals surface area contributed by atoms with E-state index in [0.29, 0.717) is 51.2 Å². The predicted octanol–water partition coefficient (Wildman–Crippen LogP) is 1.31. The molecule has 3 amide bonds. The molecule has 8 heteroatoms. The largest absolute Gasteiger partial charge is 0.482 e. The molecule has 26 heavy (non-hydrogen) atoms. The smallest absolute Gasteiger partial charge is 0.317 e. The van der Waals surface area contributed by atoms with Crippen LogP contribution in [0.4, 0.5) is 10.5 Å². The van der Waals surface area contributed by atoms with Crippen molar-refractivity contribution in [1.29, 1.82) is 0 Å². The van der Waals surface area contributed by atoms with Crippen molar-refractivity contribution in [3.05, 3.63) is 24.3 Å². The summed E-state index contributed by atoms with van der Waals surface area (Å²) in [6.45, 7) is 1.89. The third-order valence-electron chi connectivity index (χ3n) is 4.77. The van der Waals surface area contributed by atoms with Gasteiger partial charge in [0.2, 0.25) is 0 Å². The van der Waals surface area contributed by atoms with Crippen LogP contribution in [0.15, 0.2) is 24.3 Å². The van der Waals surface area contributed by atoms with Gasteiger partial charge in [-0.05, 0) is 31.4 Å². The van der Waals surface area contributed by atoms with Gasteiger partial charge in [0, 0.05) is 26.2 Å². The number of fused-ring (bicyclic) bond motifs is 1. The lowest BCUT2D eigenvalue weighted by Crippen LogP contribution is -2.46. The van der Waals surface area contributed by atoms with Crippen LogP contribution in [-0.2, 0) is 9.59 Å². The van der Waals surface area contributed by atoms with Crippen LogP contribution in [0.1, 0.15) is 19.3 Å². The summed E-state index contributed by atoms with van der Waals surface area (Å²) in [7, 11) is 0. The van der Waals surface area contributed by atoms with Crippen LogP contribution in [-0.4, -0.2) is 60.7 Å². The lowest BCUT2D eigenvalue weighted by Gasteiger charge is -2.31. The predicted molar refractivity (Wildman–Crippen MR) is 94.2 cm³/mol. The van der Waals surface area contributed by atoms with Gasteiger partial charge in [0.15, 0.2) is 6.61 Å². The molecule has 1 aromatic carbocycles. The first-order chi connectivity index (χ1) is 12.6. The van der Waals surface area contributed by atoms with E-state index in [-0.39, 0.29) is 24.5 Å². The van der Waals surface area contributed by atoms with Gasteiger partial charge in [0.05, 0.1) is 11.6 Å². The number of carbonyl (C=O) groups is 3. The number of amides is 3. The van der Waals surface area contributed by atoms with Gasteiger partial charge in [0.25, 0.3) is 5.91 Å². The molecule has 0 aliphatic carbocycles. The highest BCUT2D eigenvalue weighted by Gasteiger charge is 2.27. The van der Waals surface area contributed by atoms with E-state index in [4.69, 9.17) is 9.84 Å². The van der Waals surface area contributed by atoms with Gasteiger partial charge in [-0.25, -0.2) is 4.79 Å². The minimum atomic E-state index is -0.791. The summed E-state index contributed by atoms with van der Waals surface area (Å²) >= 11 is 0. The number of nitrogens with zero attached hydrogens (tertiary/aromatic N) is 2. The van der Waals surface area contributed by atoms with Gasteiger partial charge in [-0.2, -0.15) is 0 Å². The summed E-state index contributed by atoms with van der Waals surface area (Å²) in [6.07, 6.45) is 1.60. The molecule has 8 nitrogen and oxygen atoms in total. The van der Waals surface area contributed by atoms with Crippen LogP contribution in [0.5, 0.6) is 5.75 Å². The molecule has 1 saturated heterocycles. The molecule has 0 spiro atoms. The lowest BCUT2D eigenvalue weighted by atomic mass is 9.97. The summed E-state index contributed by atoms with van der Waals surface area (Å²) in [6, 6.07) is 7.22. The second kappa shape index (κ2) is 8.07. The number of carboxylic acid groups (broad SMARTS) is 1. The van der Waals surface area contributed by atoms with E-state index >= 15 is 0 Å². The second-order valence-corrected chi connectivity index (χ2v) is 6.49. The standard InChI is InChI=1S/C18H23N3O5/c22-16-12-26-15-5-2-1-4-14(15)21(16)9-3-8-19-18(25)20-10-6-13(7-11-20)17(23)24/h1-2,4-5,13H,3,6-12H2,(H,19,25)(H,23,24). The maximum Gasteiger partial charge on any atom is 0.317 e. The van der Waals surface area contributed by atoms with Crippen LogP contribution in [0.25, 0.3) is 0 Å². The summed E-state index contributed by atoms with van der Waals surface area (Å²) < 4.78 is 5.41. The molecule has 0 atom stereocenters. The summed E-state index contributed by atoms with van der Waals surface area (Å²) in [4.78, 5) is 38.5. The average molecular weight is 361 g/mol. The highest BCUT2D eigenvalue weighted by atomic mass is 16.5. The quantitative estimate of drug-likeness (QED) is 0.771. The normalized spacial score (nSPS) is 17.5. The molecule has 0 bridgehead atoms. The van der Waals surface area contributed by atoms with Crippen molar-refractivity contribution in [1.82, 2.24) is 10.2 Å². The fourth-order valence-electron chi connectivity index (χ4n) is 3.27. The maximum atomic E-state index is 12.2. The van der Waals surface area contributed by atoms with Crippen LogP contribution < -0.4 is 15.0 Å². The topological polar surface area (TPSA) is 99.2 Å². The number of benzene rings is 1. The fraction of sp³-hybridized carbons (Fsp3) is 0.500. The van der Waals surface area contributed by atoms with Crippen molar-refractivity contribution in [3.63, 3.8) is 0 Å². The molecule has 3 rings (SSSR count). The molecule has 2 aliphatic rings. The molecule has 2 N–H and O–H groups in total. The molecule has 2 aliphatic heterocycles. The van der Waals surface area contributed by atoms with Crippen LogP contribution in [0.3, 0.4) is 0 Å². The SMILES string of the molecule is O=C(O)C1CCN(C(=O)NCCCN2C(=O)COc3ccccc32)CC1. The number of carboxylic acids is 1. The third-order valence-corrected chi connectivity index (χ3v) is 4.77. The molecule has 1 aromatic rings. The molecular formula is C18H23N3O5. The highest BCUT2D eigenvalue weighted by Crippen LogP contribution is 2.31. The Labute approximate surface area is 151 Å². The number of likely N-dealkylation sites (tertiary alicyclic amines) is 1. The van der Waals surface area contributed by atoms with Gasteiger partial charge in [-0.3, -0.25) is 9.59 Å². The van der Waals surface area contributed by atoms with Crippen molar-refractivity contribution in [2.45, 2.75) is 19.3 Å². The Kier molecular flexibility index (Phi) is 5.60. The maximum absolute atomic E-state index is 12.2. The van der Waals surface area contributed by atoms with E-state index in [1.165, 1.54) is 0 Å². The van der Waals surface area contributed by atoms with Crippen molar-refractivity contribution in [3.8, 4) is 5.75 Å². The van der Waals surface area contributed by atoms with E-state index < -0.39 is 5.97 Å². The zero-order valence-electron chi connectivity index (χ0n) is 14.5. The number of hydrogen-bond acceptors (Lipinski definition) is 4. The van der Waals surface area contributed by atoms with Crippen molar-refractivity contribution < 1.29 is 24.2 Å². The van der Waals surface area contributed by atoms with Crippen molar-refractivity contribution >= 4 is 23.6 Å². The number of piperidine rings is 1. The van der Waals surface area contributed by atoms with Gasteiger partial charge >= 0.3 is 12.0 Å². The number of urea groups is 1. The van der Waals surface area contributed by atoms with Crippen LogP contribution in [0.2, 0.25) is 0 Å². The molecule has 1 fully saturated rings. The van der Waals surface area contributed by atoms with Gasteiger partial charge in [0.1, 0.15) is 5.75 Å². The van der Waals surface area contributed by atoms with E-state index in [1.807, 2.05) is 24.3 Å². The Hall–Kier alpha value is -2.77. The van der Waals surface area contributed by atoms with Gasteiger partial charge in [-0.15, -0.1) is 0 Å². The molecule has 0 aromatic heterocycles. The number of carbonyl (C=O) groups excluding carboxylic acids is 2. The first-order valence-electron chi connectivity index (χ1n) is 8.84. The molecule has 0 radical (unpaired) electrons. The summed E-state index contributed by atoms with van der Waals surface area (Å²) in [5, 5.41) is 11.8. The van der Waals surface area contributed by atoms with Crippen LogP contribution >= 0.6 is 0 Å². The Balaban J connectivity index is 1.42. The molecule has 0 unspecified atom stereocenters. The second-order valence-electron chi connectivity index (χ2n) is 6.49. The minimum Gasteiger partial charge on any atom is -0.482 e. The van der Waals surface area contributed by atoms with Gasteiger partial charge in [-0.1, -0.05) is 12.1 Å².